The van der Waals surface area contributed by atoms with Crippen molar-refractivity contribution in [3.63, 3.8) is 0 Å². The predicted octanol–water partition coefficient (Wildman–Crippen LogP) is 4.40. The van der Waals surface area contributed by atoms with Crippen LogP contribution in [-0.2, 0) is 6.61 Å². The van der Waals surface area contributed by atoms with Crippen LogP contribution in [-0.4, -0.2) is 11.1 Å². The van der Waals surface area contributed by atoms with Crippen LogP contribution in [0.5, 0.6) is 5.75 Å². The van der Waals surface area contributed by atoms with Gasteiger partial charge in [0.2, 0.25) is 0 Å². The fourth-order valence-electron chi connectivity index (χ4n) is 2.25. The molecule has 0 unspecified atom stereocenters. The maximum absolute atomic E-state index is 11.2. The predicted molar refractivity (Wildman–Crippen MR) is 83.0 cm³/mol. The zero-order chi connectivity index (χ0) is 15.4. The first-order valence-corrected chi connectivity index (χ1v) is 7.03. The monoisotopic (exact) mass is 284 g/mol. The van der Waals surface area contributed by atoms with E-state index in [2.05, 4.69) is 26.0 Å². The molecule has 0 radical (unpaired) electrons. The number of benzene rings is 2. The fraction of sp³-hybridized carbons (Fsp3) is 0.278. The molecule has 0 heterocycles. The molecule has 0 atom stereocenters. The van der Waals surface area contributed by atoms with E-state index in [4.69, 9.17) is 4.74 Å². The summed E-state index contributed by atoms with van der Waals surface area (Å²) in [4.78, 5) is 11.2. The van der Waals surface area contributed by atoms with E-state index in [0.717, 1.165) is 16.9 Å². The molecule has 0 aliphatic rings. The van der Waals surface area contributed by atoms with Gasteiger partial charge in [-0.05, 0) is 36.1 Å². The molecule has 0 aromatic heterocycles. The van der Waals surface area contributed by atoms with Gasteiger partial charge < -0.3 is 9.84 Å². The van der Waals surface area contributed by atoms with Gasteiger partial charge in [0.15, 0.2) is 0 Å². The Morgan fingerprint density at radius 3 is 2.57 bits per heavy atom. The molecular formula is C18H20O3. The van der Waals surface area contributed by atoms with E-state index in [-0.39, 0.29) is 12.2 Å². The number of ether oxygens (including phenoxy) is 1. The molecule has 0 amide bonds. The quantitative estimate of drug-likeness (QED) is 0.885. The standard InChI is InChI=1S/C18H20O3/c1-12(2)15-9-8-13(3)10-17(15)21-11-14-6-4-5-7-16(14)18(19)20/h4-10,12H,11H2,1-3H3,(H,19,20). The Morgan fingerprint density at radius 1 is 1.19 bits per heavy atom. The number of hydrogen-bond acceptors (Lipinski definition) is 2. The lowest BCUT2D eigenvalue weighted by Gasteiger charge is -2.15. The van der Waals surface area contributed by atoms with Gasteiger partial charge in [-0.1, -0.05) is 44.2 Å². The largest absolute Gasteiger partial charge is 0.489 e. The smallest absolute Gasteiger partial charge is 0.336 e. The molecule has 2 rings (SSSR count). The fourth-order valence-corrected chi connectivity index (χ4v) is 2.25. The van der Waals surface area contributed by atoms with Gasteiger partial charge in [0.25, 0.3) is 0 Å². The second kappa shape index (κ2) is 6.44. The van der Waals surface area contributed by atoms with Gasteiger partial charge >= 0.3 is 5.97 Å². The Labute approximate surface area is 125 Å². The Hall–Kier alpha value is -2.29. The molecular weight excluding hydrogens is 264 g/mol. The van der Waals surface area contributed by atoms with E-state index in [1.54, 1.807) is 18.2 Å². The molecule has 110 valence electrons. The number of carboxylic acids is 1. The highest BCUT2D eigenvalue weighted by Crippen LogP contribution is 2.28. The maximum Gasteiger partial charge on any atom is 0.336 e. The minimum Gasteiger partial charge on any atom is -0.489 e. The summed E-state index contributed by atoms with van der Waals surface area (Å²) < 4.78 is 5.89. The molecule has 2 aromatic rings. The third-order valence-electron chi connectivity index (χ3n) is 3.42. The molecule has 0 saturated heterocycles. The maximum atomic E-state index is 11.2. The van der Waals surface area contributed by atoms with Crippen LogP contribution in [0.25, 0.3) is 0 Å². The Balaban J connectivity index is 2.24. The lowest BCUT2D eigenvalue weighted by Crippen LogP contribution is -2.06. The molecule has 0 spiro atoms. The highest BCUT2D eigenvalue weighted by molar-refractivity contribution is 5.89. The van der Waals surface area contributed by atoms with Crippen molar-refractivity contribution < 1.29 is 14.6 Å². The number of carboxylic acid groups (broad SMARTS) is 1. The van der Waals surface area contributed by atoms with Crippen molar-refractivity contribution in [1.82, 2.24) is 0 Å². The van der Waals surface area contributed by atoms with Crippen molar-refractivity contribution in [1.29, 1.82) is 0 Å². The van der Waals surface area contributed by atoms with E-state index < -0.39 is 5.97 Å². The Bertz CT molecular complexity index is 645. The van der Waals surface area contributed by atoms with E-state index in [0.29, 0.717) is 11.5 Å². The van der Waals surface area contributed by atoms with Crippen molar-refractivity contribution >= 4 is 5.97 Å². The third kappa shape index (κ3) is 3.63. The molecule has 21 heavy (non-hydrogen) atoms. The van der Waals surface area contributed by atoms with E-state index in [9.17, 15) is 9.90 Å². The molecule has 3 nitrogen and oxygen atoms in total. The first-order chi connectivity index (χ1) is 9.99. The number of aryl methyl sites for hydroxylation is 1. The van der Waals surface area contributed by atoms with Gasteiger partial charge in [-0.2, -0.15) is 0 Å². The van der Waals surface area contributed by atoms with Gasteiger partial charge in [-0.25, -0.2) is 4.79 Å². The minimum atomic E-state index is -0.928. The summed E-state index contributed by atoms with van der Waals surface area (Å²) in [6.45, 7) is 6.50. The van der Waals surface area contributed by atoms with Crippen LogP contribution < -0.4 is 4.74 Å². The van der Waals surface area contributed by atoms with Crippen molar-refractivity contribution in [3.8, 4) is 5.75 Å². The summed E-state index contributed by atoms with van der Waals surface area (Å²) in [5, 5.41) is 9.19. The van der Waals surface area contributed by atoms with Gasteiger partial charge in [-0.15, -0.1) is 0 Å². The molecule has 3 heteroatoms. The first kappa shape index (κ1) is 15.1. The Kier molecular flexibility index (Phi) is 4.63. The average molecular weight is 284 g/mol. The number of aromatic carboxylic acids is 1. The molecule has 1 N–H and O–H groups in total. The molecule has 0 aliphatic heterocycles. The zero-order valence-electron chi connectivity index (χ0n) is 12.6. The normalized spacial score (nSPS) is 10.7. The SMILES string of the molecule is Cc1ccc(C(C)C)c(OCc2ccccc2C(=O)O)c1. The first-order valence-electron chi connectivity index (χ1n) is 7.03. The number of carbonyl (C=O) groups is 1. The van der Waals surface area contributed by atoms with Crippen LogP contribution >= 0.6 is 0 Å². The summed E-state index contributed by atoms with van der Waals surface area (Å²) in [6.07, 6.45) is 0. The van der Waals surface area contributed by atoms with Gasteiger partial charge in [0, 0.05) is 5.56 Å². The average Bonchev–Trinajstić information content (AvgIpc) is 2.45. The number of rotatable bonds is 5. The highest BCUT2D eigenvalue weighted by Gasteiger charge is 2.12. The Morgan fingerprint density at radius 2 is 1.90 bits per heavy atom. The van der Waals surface area contributed by atoms with Crippen molar-refractivity contribution in [2.75, 3.05) is 0 Å². The van der Waals surface area contributed by atoms with Crippen LogP contribution in [0.4, 0.5) is 0 Å². The second-order valence-corrected chi connectivity index (χ2v) is 5.45. The summed E-state index contributed by atoms with van der Waals surface area (Å²) in [5.41, 5.74) is 3.23. The van der Waals surface area contributed by atoms with Gasteiger partial charge in [0.1, 0.15) is 12.4 Å². The van der Waals surface area contributed by atoms with Crippen LogP contribution in [0.3, 0.4) is 0 Å². The molecule has 2 aromatic carbocycles. The lowest BCUT2D eigenvalue weighted by molar-refractivity contribution is 0.0694. The molecule has 0 fully saturated rings. The van der Waals surface area contributed by atoms with Crippen LogP contribution in [0.15, 0.2) is 42.5 Å². The van der Waals surface area contributed by atoms with Crippen LogP contribution in [0, 0.1) is 6.92 Å². The topological polar surface area (TPSA) is 46.5 Å². The molecule has 0 aliphatic carbocycles. The number of hydrogen-bond donors (Lipinski definition) is 1. The zero-order valence-corrected chi connectivity index (χ0v) is 12.6. The van der Waals surface area contributed by atoms with E-state index >= 15 is 0 Å². The third-order valence-corrected chi connectivity index (χ3v) is 3.42. The highest BCUT2D eigenvalue weighted by atomic mass is 16.5. The summed E-state index contributed by atoms with van der Waals surface area (Å²) in [7, 11) is 0. The van der Waals surface area contributed by atoms with Crippen molar-refractivity contribution in [2.24, 2.45) is 0 Å². The summed E-state index contributed by atoms with van der Waals surface area (Å²) in [6, 6.07) is 13.1. The van der Waals surface area contributed by atoms with E-state index in [1.165, 1.54) is 0 Å². The lowest BCUT2D eigenvalue weighted by atomic mass is 10.0. The van der Waals surface area contributed by atoms with Gasteiger partial charge in [-0.3, -0.25) is 0 Å². The van der Waals surface area contributed by atoms with Crippen LogP contribution in [0.1, 0.15) is 46.8 Å². The van der Waals surface area contributed by atoms with E-state index in [1.807, 2.05) is 19.1 Å². The summed E-state index contributed by atoms with van der Waals surface area (Å²) in [5.74, 6) is 0.253. The molecule has 0 saturated carbocycles. The van der Waals surface area contributed by atoms with Crippen LogP contribution in [0.2, 0.25) is 0 Å². The minimum absolute atomic E-state index is 0.256. The van der Waals surface area contributed by atoms with Crippen molar-refractivity contribution in [3.05, 3.63) is 64.7 Å². The van der Waals surface area contributed by atoms with Crippen molar-refractivity contribution in [2.45, 2.75) is 33.3 Å². The second-order valence-electron chi connectivity index (χ2n) is 5.45. The molecule has 0 bridgehead atoms. The van der Waals surface area contributed by atoms with Gasteiger partial charge in [0.05, 0.1) is 5.56 Å². The summed E-state index contributed by atoms with van der Waals surface area (Å²) >= 11 is 0.